The van der Waals surface area contributed by atoms with Crippen molar-refractivity contribution in [3.63, 3.8) is 0 Å². The molecule has 1 aliphatic rings. The lowest BCUT2D eigenvalue weighted by Crippen LogP contribution is -2.43. The van der Waals surface area contributed by atoms with Crippen LogP contribution in [0.1, 0.15) is 30.8 Å². The van der Waals surface area contributed by atoms with Crippen molar-refractivity contribution in [3.05, 3.63) is 69.7 Å². The molecule has 0 bridgehead atoms. The van der Waals surface area contributed by atoms with Gasteiger partial charge in [-0.3, -0.25) is 4.55 Å². The fraction of sp³-hybridized carbons (Fsp3) is 0.190. The van der Waals surface area contributed by atoms with E-state index < -0.39 is 20.6 Å². The Balaban J connectivity index is 1.86. The third-order valence-corrected chi connectivity index (χ3v) is 8.94. The Bertz CT molecular complexity index is 1520. The van der Waals surface area contributed by atoms with Gasteiger partial charge in [0.05, 0.1) is 10.7 Å². The molecule has 33 heavy (non-hydrogen) atoms. The van der Waals surface area contributed by atoms with Crippen LogP contribution >= 0.6 is 23.1 Å². The molecule has 0 saturated carbocycles. The first-order valence-electron chi connectivity index (χ1n) is 9.89. The summed E-state index contributed by atoms with van der Waals surface area (Å²) in [6, 6.07) is 12.2. The van der Waals surface area contributed by atoms with Crippen molar-refractivity contribution in [2.24, 2.45) is 0 Å². The van der Waals surface area contributed by atoms with Gasteiger partial charge in [-0.05, 0) is 47.2 Å². The summed E-state index contributed by atoms with van der Waals surface area (Å²) >= 11 is 2.37. The van der Waals surface area contributed by atoms with Crippen LogP contribution in [0.5, 0.6) is 0 Å². The Labute approximate surface area is 200 Å². The van der Waals surface area contributed by atoms with Crippen LogP contribution in [0.4, 0.5) is 5.69 Å². The van der Waals surface area contributed by atoms with Gasteiger partial charge in [-0.2, -0.15) is 8.42 Å². The standard InChI is InChI=1S/C21H20N2O6S4/c1-3-7-15-8-6-11-18-21(15)23(33(27,28)29)20(31-18)13-14(2)12-19-22(32(24,25)26)16-9-4-5-10-17(16)30-19/h4-6,8-13H,3,7H2,1-2H3,(H-,24,25,26,27,28,29)/p+1. The van der Waals surface area contributed by atoms with Crippen molar-refractivity contribution >= 4 is 65.7 Å². The second-order valence-corrected chi connectivity index (χ2v) is 12.0. The summed E-state index contributed by atoms with van der Waals surface area (Å²) < 4.78 is 70.9. The number of aromatic nitrogens is 1. The van der Waals surface area contributed by atoms with Crippen molar-refractivity contribution in [2.75, 3.05) is 4.31 Å². The highest BCUT2D eigenvalue weighted by molar-refractivity contribution is 8.05. The number of anilines is 1. The minimum atomic E-state index is -4.60. The average molecular weight is 526 g/mol. The monoisotopic (exact) mass is 525 g/mol. The molecule has 12 heteroatoms. The van der Waals surface area contributed by atoms with Crippen molar-refractivity contribution in [1.82, 2.24) is 0 Å². The third kappa shape index (κ3) is 4.72. The number of para-hydroxylation sites is 2. The number of rotatable bonds is 6. The van der Waals surface area contributed by atoms with Crippen LogP contribution in [0, 0.1) is 0 Å². The van der Waals surface area contributed by atoms with Gasteiger partial charge >= 0.3 is 20.6 Å². The fourth-order valence-electron chi connectivity index (χ4n) is 3.67. The highest BCUT2D eigenvalue weighted by atomic mass is 32.2. The van der Waals surface area contributed by atoms with Crippen LogP contribution in [0.3, 0.4) is 0 Å². The van der Waals surface area contributed by atoms with E-state index in [4.69, 9.17) is 0 Å². The summed E-state index contributed by atoms with van der Waals surface area (Å²) in [6.45, 7) is 3.67. The Kier molecular flexibility index (Phi) is 6.42. The number of nitrogens with zero attached hydrogens (tertiary/aromatic N) is 2. The molecule has 0 unspecified atom stereocenters. The van der Waals surface area contributed by atoms with E-state index in [2.05, 4.69) is 0 Å². The molecular formula is C21H21N2O6S4+. The lowest BCUT2D eigenvalue weighted by molar-refractivity contribution is -0.486. The molecule has 2 aromatic carbocycles. The Hall–Kier alpha value is -2.22. The normalized spacial score (nSPS) is 16.1. The first-order valence-corrected chi connectivity index (χ1v) is 14.3. The van der Waals surface area contributed by atoms with Crippen LogP contribution in [-0.4, -0.2) is 25.9 Å². The topological polar surface area (TPSA) is 116 Å². The Morgan fingerprint density at radius 2 is 1.82 bits per heavy atom. The van der Waals surface area contributed by atoms with E-state index in [0.29, 0.717) is 32.8 Å². The first-order chi connectivity index (χ1) is 15.5. The molecular weight excluding hydrogens is 505 g/mol. The molecule has 174 valence electrons. The highest BCUT2D eigenvalue weighted by Crippen LogP contribution is 2.47. The number of thiazole rings is 1. The number of hydrogen-bond donors (Lipinski definition) is 2. The molecule has 0 saturated heterocycles. The van der Waals surface area contributed by atoms with Gasteiger partial charge < -0.3 is 0 Å². The van der Waals surface area contributed by atoms with Gasteiger partial charge in [0.15, 0.2) is 0 Å². The van der Waals surface area contributed by atoms with Crippen molar-refractivity contribution < 1.29 is 29.9 Å². The van der Waals surface area contributed by atoms with Crippen LogP contribution in [0.25, 0.3) is 16.3 Å². The van der Waals surface area contributed by atoms with Crippen molar-refractivity contribution in [2.45, 2.75) is 31.6 Å². The molecule has 0 spiro atoms. The second-order valence-electron chi connectivity index (χ2n) is 7.38. The lowest BCUT2D eigenvalue weighted by atomic mass is 10.1. The quantitative estimate of drug-likeness (QED) is 0.361. The fourth-order valence-corrected chi connectivity index (χ4v) is 8.17. The minimum absolute atomic E-state index is 0.249. The molecule has 0 fully saturated rings. The summed E-state index contributed by atoms with van der Waals surface area (Å²) in [5.41, 5.74) is 2.10. The summed E-state index contributed by atoms with van der Waals surface area (Å²) in [6.07, 6.45) is 4.56. The molecule has 0 amide bonds. The second kappa shape index (κ2) is 8.85. The molecule has 1 aliphatic heterocycles. The zero-order valence-electron chi connectivity index (χ0n) is 17.7. The van der Waals surface area contributed by atoms with Gasteiger partial charge in [-0.1, -0.05) is 60.7 Å². The smallest absolute Gasteiger partial charge is 0.269 e. The predicted octanol–water partition coefficient (Wildman–Crippen LogP) is 4.45. The molecule has 8 nitrogen and oxygen atoms in total. The van der Waals surface area contributed by atoms with E-state index in [0.717, 1.165) is 20.3 Å². The number of allylic oxidation sites excluding steroid dienone is 2. The highest BCUT2D eigenvalue weighted by Gasteiger charge is 2.34. The molecule has 2 N–H and O–H groups in total. The number of aryl methyl sites for hydroxylation is 1. The third-order valence-electron chi connectivity index (χ3n) is 4.88. The predicted molar refractivity (Wildman–Crippen MR) is 131 cm³/mol. The number of fused-ring (bicyclic) bond motifs is 2. The largest absolute Gasteiger partial charge is 0.513 e. The van der Waals surface area contributed by atoms with Crippen molar-refractivity contribution in [3.8, 4) is 0 Å². The molecule has 0 aliphatic carbocycles. The first kappa shape index (κ1) is 23.9. The maximum Gasteiger partial charge on any atom is 0.513 e. The number of thioether (sulfide) groups is 1. The number of hydrogen-bond acceptors (Lipinski definition) is 6. The van der Waals surface area contributed by atoms with Gasteiger partial charge in [-0.15, -0.1) is 8.42 Å². The molecule has 4 rings (SSSR count). The van der Waals surface area contributed by atoms with Crippen LogP contribution in [0.2, 0.25) is 0 Å². The van der Waals surface area contributed by atoms with Gasteiger partial charge in [0, 0.05) is 16.5 Å². The van der Waals surface area contributed by atoms with E-state index in [1.807, 2.05) is 19.1 Å². The average Bonchev–Trinajstić information content (AvgIpc) is 3.25. The van der Waals surface area contributed by atoms with Gasteiger partial charge in [0.1, 0.15) is 4.70 Å². The van der Waals surface area contributed by atoms with E-state index in [-0.39, 0.29) is 10.0 Å². The van der Waals surface area contributed by atoms with E-state index >= 15 is 0 Å². The maximum absolute atomic E-state index is 12.3. The summed E-state index contributed by atoms with van der Waals surface area (Å²) in [7, 11) is -9.17. The number of benzene rings is 2. The maximum atomic E-state index is 12.3. The minimum Gasteiger partial charge on any atom is -0.269 e. The Morgan fingerprint density at radius 1 is 1.09 bits per heavy atom. The van der Waals surface area contributed by atoms with E-state index in [1.165, 1.54) is 23.1 Å². The van der Waals surface area contributed by atoms with E-state index in [9.17, 15) is 25.9 Å². The lowest BCUT2D eigenvalue weighted by Gasteiger charge is -2.15. The molecule has 1 aromatic heterocycles. The summed E-state index contributed by atoms with van der Waals surface area (Å²) in [5.74, 6) is 0. The summed E-state index contributed by atoms with van der Waals surface area (Å²) in [4.78, 5) is 0.660. The Morgan fingerprint density at radius 3 is 2.48 bits per heavy atom. The van der Waals surface area contributed by atoms with Crippen LogP contribution in [-0.2, 0) is 27.0 Å². The molecule has 2 heterocycles. The SMILES string of the molecule is CCCc1cccc2sc(C=C(C)C=C3Sc4ccccc4N3S(=O)(=O)O)[n+](S(=O)(=O)O)c12. The van der Waals surface area contributed by atoms with Gasteiger partial charge in [0.2, 0.25) is 5.52 Å². The van der Waals surface area contributed by atoms with Gasteiger partial charge in [-0.25, -0.2) is 8.86 Å². The van der Waals surface area contributed by atoms with Crippen molar-refractivity contribution in [1.29, 1.82) is 0 Å². The van der Waals surface area contributed by atoms with Crippen LogP contribution in [0.15, 0.2) is 64.0 Å². The molecule has 0 atom stereocenters. The van der Waals surface area contributed by atoms with E-state index in [1.54, 1.807) is 49.4 Å². The summed E-state index contributed by atoms with van der Waals surface area (Å²) in [5, 5.41) is 0.517. The van der Waals surface area contributed by atoms with Crippen LogP contribution < -0.4 is 8.28 Å². The molecule has 0 radical (unpaired) electrons. The zero-order chi connectivity index (χ0) is 24.0. The van der Waals surface area contributed by atoms with Gasteiger partial charge in [0.25, 0.3) is 5.01 Å². The zero-order valence-corrected chi connectivity index (χ0v) is 20.9. The molecule has 3 aromatic rings.